The molecule has 0 fully saturated rings. The van der Waals surface area contributed by atoms with E-state index in [9.17, 15) is 4.79 Å². The predicted octanol–water partition coefficient (Wildman–Crippen LogP) is 5.47. The minimum atomic E-state index is -0.685. The molecule has 5 heteroatoms. The van der Waals surface area contributed by atoms with Crippen LogP contribution in [-0.4, -0.2) is 19.8 Å². The molecule has 24 heavy (non-hydrogen) atoms. The third-order valence-electron chi connectivity index (χ3n) is 3.85. The summed E-state index contributed by atoms with van der Waals surface area (Å²) in [7, 11) is 0. The molecule has 2 rings (SSSR count). The first-order valence-electron chi connectivity index (χ1n) is 8.53. The van der Waals surface area contributed by atoms with Crippen molar-refractivity contribution in [2.24, 2.45) is 0 Å². The summed E-state index contributed by atoms with van der Waals surface area (Å²) < 4.78 is 8.56. The number of unbranched alkanes of at least 4 members (excludes halogenated alkanes) is 6. The van der Waals surface area contributed by atoms with Gasteiger partial charge in [-0.2, -0.15) is 8.75 Å². The average molecular weight is 344 g/mol. The molecule has 1 aromatic heterocycles. The van der Waals surface area contributed by atoms with Crippen molar-refractivity contribution in [2.45, 2.75) is 51.4 Å². The fraction of sp³-hybridized carbons (Fsp3) is 0.421. The number of hydrogen-bond acceptors (Lipinski definition) is 4. The number of carboxylic acids is 1. The summed E-state index contributed by atoms with van der Waals surface area (Å²) in [4.78, 5) is 10.4. The highest BCUT2D eigenvalue weighted by molar-refractivity contribution is 7.00. The van der Waals surface area contributed by atoms with Crippen molar-refractivity contribution in [3.8, 4) is 0 Å². The number of aliphatic carboxylic acids is 1. The lowest BCUT2D eigenvalue weighted by molar-refractivity contribution is -0.137. The van der Waals surface area contributed by atoms with Gasteiger partial charge in [0, 0.05) is 12.0 Å². The number of carboxylic acid groups (broad SMARTS) is 1. The largest absolute Gasteiger partial charge is 0.481 e. The van der Waals surface area contributed by atoms with E-state index in [1.807, 2.05) is 12.1 Å². The van der Waals surface area contributed by atoms with Crippen molar-refractivity contribution in [3.05, 3.63) is 42.0 Å². The van der Waals surface area contributed by atoms with Crippen LogP contribution in [-0.2, 0) is 4.79 Å². The minimum Gasteiger partial charge on any atom is -0.481 e. The van der Waals surface area contributed by atoms with Gasteiger partial charge in [0.2, 0.25) is 0 Å². The number of aromatic nitrogens is 2. The van der Waals surface area contributed by atoms with Gasteiger partial charge in [-0.3, -0.25) is 4.79 Å². The van der Waals surface area contributed by atoms with E-state index in [1.54, 1.807) is 0 Å². The van der Waals surface area contributed by atoms with E-state index in [2.05, 4.69) is 39.1 Å². The van der Waals surface area contributed by atoms with Crippen LogP contribution in [0.25, 0.3) is 17.1 Å². The van der Waals surface area contributed by atoms with Gasteiger partial charge >= 0.3 is 5.97 Å². The summed E-state index contributed by atoms with van der Waals surface area (Å²) in [5, 5.41) is 8.55. The molecule has 0 atom stereocenters. The maximum absolute atomic E-state index is 10.4. The van der Waals surface area contributed by atoms with Crippen molar-refractivity contribution >= 4 is 34.8 Å². The predicted molar refractivity (Wildman–Crippen MR) is 100 cm³/mol. The fourth-order valence-electron chi connectivity index (χ4n) is 2.54. The fourth-order valence-corrected chi connectivity index (χ4v) is 3.10. The summed E-state index contributed by atoms with van der Waals surface area (Å²) in [6, 6.07) is 6.04. The minimum absolute atomic E-state index is 0.305. The molecule has 128 valence electrons. The van der Waals surface area contributed by atoms with E-state index in [0.717, 1.165) is 42.3 Å². The van der Waals surface area contributed by atoms with Crippen LogP contribution >= 0.6 is 11.7 Å². The Morgan fingerprint density at radius 3 is 2.67 bits per heavy atom. The van der Waals surface area contributed by atoms with Gasteiger partial charge < -0.3 is 5.11 Å². The van der Waals surface area contributed by atoms with Crippen LogP contribution < -0.4 is 0 Å². The molecule has 0 radical (unpaired) electrons. The number of allylic oxidation sites excluding steroid dienone is 3. The van der Waals surface area contributed by atoms with Crippen LogP contribution in [0, 0.1) is 0 Å². The molecule has 0 aliphatic carbocycles. The number of fused-ring (bicyclic) bond motifs is 1. The molecule has 2 aromatic rings. The van der Waals surface area contributed by atoms with Gasteiger partial charge in [-0.25, -0.2) is 0 Å². The highest BCUT2D eigenvalue weighted by Gasteiger charge is 2.00. The van der Waals surface area contributed by atoms with E-state index >= 15 is 0 Å². The molecule has 0 bridgehead atoms. The van der Waals surface area contributed by atoms with Crippen LogP contribution in [0.2, 0.25) is 0 Å². The zero-order valence-electron chi connectivity index (χ0n) is 13.9. The lowest BCUT2D eigenvalue weighted by Gasteiger charge is -1.99. The number of hydrogen-bond donors (Lipinski definition) is 1. The van der Waals surface area contributed by atoms with Gasteiger partial charge in [0.1, 0.15) is 11.0 Å². The molecule has 0 aliphatic heterocycles. The second kappa shape index (κ2) is 10.7. The van der Waals surface area contributed by atoms with E-state index in [4.69, 9.17) is 5.11 Å². The Morgan fingerprint density at radius 1 is 1.04 bits per heavy atom. The Morgan fingerprint density at radius 2 is 1.83 bits per heavy atom. The van der Waals surface area contributed by atoms with Crippen molar-refractivity contribution in [1.82, 2.24) is 8.75 Å². The quantitative estimate of drug-likeness (QED) is 0.434. The normalized spacial score (nSPS) is 11.8. The lowest BCUT2D eigenvalue weighted by Crippen LogP contribution is -1.93. The number of carbonyl (C=O) groups is 1. The third kappa shape index (κ3) is 6.62. The smallest absolute Gasteiger partial charge is 0.303 e. The summed E-state index contributed by atoms with van der Waals surface area (Å²) in [5.74, 6) is -0.685. The van der Waals surface area contributed by atoms with Gasteiger partial charge in [-0.05, 0) is 25.3 Å². The molecule has 0 saturated carbocycles. The second-order valence-corrected chi connectivity index (χ2v) is 6.35. The maximum Gasteiger partial charge on any atom is 0.303 e. The molecule has 4 nitrogen and oxygen atoms in total. The van der Waals surface area contributed by atoms with Crippen molar-refractivity contribution in [3.63, 3.8) is 0 Å². The highest BCUT2D eigenvalue weighted by atomic mass is 32.1. The van der Waals surface area contributed by atoms with Gasteiger partial charge in [0.25, 0.3) is 0 Å². The topological polar surface area (TPSA) is 63.1 Å². The van der Waals surface area contributed by atoms with Crippen molar-refractivity contribution < 1.29 is 9.90 Å². The Balaban J connectivity index is 1.56. The monoisotopic (exact) mass is 344 g/mol. The van der Waals surface area contributed by atoms with E-state index in [1.165, 1.54) is 31.0 Å². The van der Waals surface area contributed by atoms with Crippen LogP contribution in [0.4, 0.5) is 0 Å². The zero-order valence-corrected chi connectivity index (χ0v) is 14.7. The Kier molecular flexibility index (Phi) is 8.18. The lowest BCUT2D eigenvalue weighted by atomic mass is 10.1. The number of nitrogens with zero attached hydrogens (tertiary/aromatic N) is 2. The first-order chi connectivity index (χ1) is 11.8. The van der Waals surface area contributed by atoms with Crippen LogP contribution in [0.1, 0.15) is 56.9 Å². The first-order valence-corrected chi connectivity index (χ1v) is 9.26. The average Bonchev–Trinajstić information content (AvgIpc) is 3.05. The van der Waals surface area contributed by atoms with E-state index < -0.39 is 5.97 Å². The second-order valence-electron chi connectivity index (χ2n) is 5.82. The van der Waals surface area contributed by atoms with Crippen LogP contribution in [0.5, 0.6) is 0 Å². The van der Waals surface area contributed by atoms with Crippen molar-refractivity contribution in [2.75, 3.05) is 0 Å². The summed E-state index contributed by atoms with van der Waals surface area (Å²) >= 11 is 1.25. The molecular formula is C19H24N2O2S. The Labute approximate surface area is 147 Å². The third-order valence-corrected chi connectivity index (χ3v) is 4.39. The summed E-state index contributed by atoms with van der Waals surface area (Å²) in [6.07, 6.45) is 16.4. The molecule has 0 saturated heterocycles. The van der Waals surface area contributed by atoms with Gasteiger partial charge in [0.05, 0.1) is 11.7 Å². The summed E-state index contributed by atoms with van der Waals surface area (Å²) in [5.41, 5.74) is 3.02. The molecule has 0 spiro atoms. The Hall–Kier alpha value is -2.01. The molecule has 0 aliphatic rings. The molecule has 0 unspecified atom stereocenters. The molecule has 1 heterocycles. The first kappa shape index (κ1) is 18.3. The molecule has 0 amide bonds. The van der Waals surface area contributed by atoms with Gasteiger partial charge in [-0.1, -0.05) is 62.1 Å². The standard InChI is InChI=1S/C19H24N2O2S/c22-18(23)15-10-8-6-4-2-1-3-5-7-9-12-16-13-11-14-17-19(16)21-24-20-17/h5,7,9,11-14H,1-4,6,8,10,15H2,(H,22,23)/b7-5+,12-9+. The van der Waals surface area contributed by atoms with Crippen LogP contribution in [0.15, 0.2) is 36.4 Å². The number of benzene rings is 1. The maximum atomic E-state index is 10.4. The Bertz CT molecular complexity index is 691. The summed E-state index contributed by atoms with van der Waals surface area (Å²) in [6.45, 7) is 0. The van der Waals surface area contributed by atoms with Crippen LogP contribution in [0.3, 0.4) is 0 Å². The van der Waals surface area contributed by atoms with Gasteiger partial charge in [-0.15, -0.1) is 0 Å². The van der Waals surface area contributed by atoms with Gasteiger partial charge in [0.15, 0.2) is 0 Å². The molecular weight excluding hydrogens is 320 g/mol. The zero-order chi connectivity index (χ0) is 17.0. The van der Waals surface area contributed by atoms with E-state index in [0.29, 0.717) is 6.42 Å². The van der Waals surface area contributed by atoms with Crippen molar-refractivity contribution in [1.29, 1.82) is 0 Å². The highest BCUT2D eigenvalue weighted by Crippen LogP contribution is 2.17. The molecule has 1 aromatic carbocycles. The number of rotatable bonds is 11. The molecule has 1 N–H and O–H groups in total. The SMILES string of the molecule is O=C(O)CCCCCCCC/C=C/C=C/c1cccc2nsnc12. The van der Waals surface area contributed by atoms with E-state index in [-0.39, 0.29) is 0 Å².